The number of unbranched alkanes of at least 4 members (excludes halogenated alkanes) is 1. The highest BCUT2D eigenvalue weighted by molar-refractivity contribution is 5.81. The molecule has 1 aliphatic rings. The molecule has 1 fully saturated rings. The van der Waals surface area contributed by atoms with E-state index in [2.05, 4.69) is 34.6 Å². The number of carbonyl (C=O) groups excluding carboxylic acids is 1. The summed E-state index contributed by atoms with van der Waals surface area (Å²) in [5.41, 5.74) is 0. The molecule has 0 radical (unpaired) electrons. The van der Waals surface area contributed by atoms with E-state index in [0.717, 1.165) is 18.8 Å². The maximum absolute atomic E-state index is 12.6. The predicted octanol–water partition coefficient (Wildman–Crippen LogP) is 5.48. The van der Waals surface area contributed by atoms with Gasteiger partial charge in [-0.2, -0.15) is 0 Å². The minimum Gasteiger partial charge on any atom is -0.299 e. The molecule has 1 saturated carbocycles. The average Bonchev–Trinajstić information content (AvgIpc) is 2.35. The van der Waals surface area contributed by atoms with Gasteiger partial charge < -0.3 is 0 Å². The molecule has 4 atom stereocenters. The summed E-state index contributed by atoms with van der Waals surface area (Å²) in [4.78, 5) is 12.6. The second-order valence-electron chi connectivity index (χ2n) is 7.35. The van der Waals surface area contributed by atoms with Crippen LogP contribution in [0.25, 0.3) is 0 Å². The maximum atomic E-state index is 12.6. The smallest absolute Gasteiger partial charge is 0.136 e. The van der Waals surface area contributed by atoms with Crippen LogP contribution in [0.15, 0.2) is 0 Å². The van der Waals surface area contributed by atoms with Crippen molar-refractivity contribution in [3.63, 3.8) is 0 Å². The van der Waals surface area contributed by atoms with Crippen molar-refractivity contribution >= 4 is 5.78 Å². The van der Waals surface area contributed by atoms with Crippen LogP contribution in [-0.4, -0.2) is 5.78 Å². The standard InChI is InChI=1S/C18H34O/c1-6-7-8-14(4)12-18(19)17-11-15(5)9-10-16(17)13(2)3/h13-17H,6-12H2,1-5H3. The van der Waals surface area contributed by atoms with E-state index in [1.807, 2.05) is 0 Å². The molecule has 19 heavy (non-hydrogen) atoms. The van der Waals surface area contributed by atoms with Crippen LogP contribution in [0.5, 0.6) is 0 Å². The van der Waals surface area contributed by atoms with Gasteiger partial charge in [0, 0.05) is 12.3 Å². The van der Waals surface area contributed by atoms with E-state index < -0.39 is 0 Å². The van der Waals surface area contributed by atoms with Gasteiger partial charge in [-0.25, -0.2) is 0 Å². The molecule has 1 aliphatic carbocycles. The number of rotatable bonds is 7. The molecule has 0 saturated heterocycles. The van der Waals surface area contributed by atoms with Crippen molar-refractivity contribution in [2.75, 3.05) is 0 Å². The molecule has 0 aromatic heterocycles. The van der Waals surface area contributed by atoms with Crippen molar-refractivity contribution in [3.8, 4) is 0 Å². The molecule has 0 N–H and O–H groups in total. The zero-order valence-corrected chi connectivity index (χ0v) is 13.7. The highest BCUT2D eigenvalue weighted by atomic mass is 16.1. The second kappa shape index (κ2) is 8.07. The van der Waals surface area contributed by atoms with Crippen molar-refractivity contribution in [2.24, 2.45) is 29.6 Å². The monoisotopic (exact) mass is 266 g/mol. The first-order valence-electron chi connectivity index (χ1n) is 8.48. The molecule has 4 unspecified atom stereocenters. The van der Waals surface area contributed by atoms with Crippen molar-refractivity contribution in [3.05, 3.63) is 0 Å². The minimum absolute atomic E-state index is 0.354. The molecule has 0 aromatic carbocycles. The summed E-state index contributed by atoms with van der Waals surface area (Å²) in [5, 5.41) is 0. The lowest BCUT2D eigenvalue weighted by molar-refractivity contribution is -0.128. The number of ketones is 1. The van der Waals surface area contributed by atoms with Crippen molar-refractivity contribution in [1.29, 1.82) is 0 Å². The Morgan fingerprint density at radius 2 is 1.89 bits per heavy atom. The van der Waals surface area contributed by atoms with Crippen LogP contribution in [0.2, 0.25) is 0 Å². The zero-order valence-electron chi connectivity index (χ0n) is 13.7. The Kier molecular flexibility index (Phi) is 7.10. The normalized spacial score (nSPS) is 29.5. The molecule has 1 rings (SSSR count). The number of hydrogen-bond acceptors (Lipinski definition) is 1. The van der Waals surface area contributed by atoms with Crippen molar-refractivity contribution in [1.82, 2.24) is 0 Å². The second-order valence-corrected chi connectivity index (χ2v) is 7.35. The SMILES string of the molecule is CCCCC(C)CC(=O)C1CC(C)CCC1C(C)C. The van der Waals surface area contributed by atoms with E-state index in [1.165, 1.54) is 32.1 Å². The van der Waals surface area contributed by atoms with Crippen molar-refractivity contribution < 1.29 is 4.79 Å². The zero-order chi connectivity index (χ0) is 14.4. The molecule has 1 nitrogen and oxygen atoms in total. The summed E-state index contributed by atoms with van der Waals surface area (Å²) in [6, 6.07) is 0. The van der Waals surface area contributed by atoms with Gasteiger partial charge in [0.25, 0.3) is 0 Å². The lowest BCUT2D eigenvalue weighted by Gasteiger charge is -2.37. The quantitative estimate of drug-likeness (QED) is 0.596. The Labute approximate surface area is 120 Å². The summed E-state index contributed by atoms with van der Waals surface area (Å²) < 4.78 is 0. The molecule has 0 bridgehead atoms. The minimum atomic E-state index is 0.354. The summed E-state index contributed by atoms with van der Waals surface area (Å²) in [6.07, 6.45) is 8.27. The van der Waals surface area contributed by atoms with Crippen LogP contribution >= 0.6 is 0 Å². The number of Topliss-reactive ketones (excluding diaryl/α,β-unsaturated/α-hetero) is 1. The van der Waals surface area contributed by atoms with Gasteiger partial charge in [-0.1, -0.05) is 60.3 Å². The van der Waals surface area contributed by atoms with Gasteiger partial charge in [-0.15, -0.1) is 0 Å². The third kappa shape index (κ3) is 5.28. The first-order valence-corrected chi connectivity index (χ1v) is 8.48. The molecule has 0 aromatic rings. The van der Waals surface area contributed by atoms with Crippen LogP contribution < -0.4 is 0 Å². The van der Waals surface area contributed by atoms with Gasteiger partial charge in [0.1, 0.15) is 5.78 Å². The fraction of sp³-hybridized carbons (Fsp3) is 0.944. The van der Waals surface area contributed by atoms with Crippen LogP contribution in [0, 0.1) is 29.6 Å². The third-order valence-corrected chi connectivity index (χ3v) is 5.04. The predicted molar refractivity (Wildman–Crippen MR) is 83.1 cm³/mol. The van der Waals surface area contributed by atoms with Gasteiger partial charge in [0.2, 0.25) is 0 Å². The summed E-state index contributed by atoms with van der Waals surface area (Å²) in [6.45, 7) is 11.4. The summed E-state index contributed by atoms with van der Waals surface area (Å²) >= 11 is 0. The lowest BCUT2D eigenvalue weighted by atomic mass is 9.67. The Balaban J connectivity index is 2.55. The van der Waals surface area contributed by atoms with Gasteiger partial charge in [-0.05, 0) is 36.5 Å². The van der Waals surface area contributed by atoms with E-state index in [0.29, 0.717) is 29.5 Å². The van der Waals surface area contributed by atoms with E-state index in [4.69, 9.17) is 0 Å². The first-order chi connectivity index (χ1) is 8.95. The third-order valence-electron chi connectivity index (χ3n) is 5.04. The molecule has 112 valence electrons. The van der Waals surface area contributed by atoms with Crippen LogP contribution in [-0.2, 0) is 4.79 Å². The summed E-state index contributed by atoms with van der Waals surface area (Å²) in [5.74, 6) is 3.54. The highest BCUT2D eigenvalue weighted by Gasteiger charge is 2.35. The highest BCUT2D eigenvalue weighted by Crippen LogP contribution is 2.39. The molecular formula is C18H34O. The molecule has 0 spiro atoms. The van der Waals surface area contributed by atoms with Gasteiger partial charge in [-0.3, -0.25) is 4.79 Å². The number of carbonyl (C=O) groups is 1. The topological polar surface area (TPSA) is 17.1 Å². The Bertz CT molecular complexity index is 269. The molecule has 1 heteroatoms. The average molecular weight is 266 g/mol. The molecular weight excluding hydrogens is 232 g/mol. The van der Waals surface area contributed by atoms with Gasteiger partial charge in [0.05, 0.1) is 0 Å². The summed E-state index contributed by atoms with van der Waals surface area (Å²) in [7, 11) is 0. The molecule has 0 aliphatic heterocycles. The van der Waals surface area contributed by atoms with E-state index in [-0.39, 0.29) is 0 Å². The molecule has 0 heterocycles. The van der Waals surface area contributed by atoms with Gasteiger partial charge >= 0.3 is 0 Å². The van der Waals surface area contributed by atoms with Crippen LogP contribution in [0.3, 0.4) is 0 Å². The van der Waals surface area contributed by atoms with Crippen LogP contribution in [0.4, 0.5) is 0 Å². The fourth-order valence-electron chi connectivity index (χ4n) is 3.72. The largest absolute Gasteiger partial charge is 0.299 e. The Hall–Kier alpha value is -0.330. The van der Waals surface area contributed by atoms with Gasteiger partial charge in [0.15, 0.2) is 0 Å². The molecule has 0 amide bonds. The number of hydrogen-bond donors (Lipinski definition) is 0. The van der Waals surface area contributed by atoms with E-state index >= 15 is 0 Å². The van der Waals surface area contributed by atoms with Crippen LogP contribution in [0.1, 0.15) is 79.6 Å². The Morgan fingerprint density at radius 1 is 1.21 bits per heavy atom. The van der Waals surface area contributed by atoms with E-state index in [9.17, 15) is 4.79 Å². The lowest BCUT2D eigenvalue weighted by Crippen LogP contribution is -2.34. The maximum Gasteiger partial charge on any atom is 0.136 e. The first kappa shape index (κ1) is 16.7. The van der Waals surface area contributed by atoms with Crippen molar-refractivity contribution in [2.45, 2.75) is 79.6 Å². The van der Waals surface area contributed by atoms with E-state index in [1.54, 1.807) is 0 Å². The Morgan fingerprint density at radius 3 is 2.47 bits per heavy atom. The fourth-order valence-corrected chi connectivity index (χ4v) is 3.72.